The molecule has 1 amide bonds. The second kappa shape index (κ2) is 4.39. The van der Waals surface area contributed by atoms with Crippen LogP contribution >= 0.6 is 11.6 Å². The van der Waals surface area contributed by atoms with Crippen LogP contribution in [0.3, 0.4) is 0 Å². The Morgan fingerprint density at radius 3 is 2.88 bits per heavy atom. The van der Waals surface area contributed by atoms with Crippen molar-refractivity contribution in [1.82, 2.24) is 4.98 Å². The van der Waals surface area contributed by atoms with Crippen molar-refractivity contribution in [3.05, 3.63) is 23.4 Å². The lowest BCUT2D eigenvalue weighted by atomic mass is 9.75. The van der Waals surface area contributed by atoms with Crippen LogP contribution in [0.15, 0.2) is 18.2 Å². The first kappa shape index (κ1) is 11.4. The summed E-state index contributed by atoms with van der Waals surface area (Å²) in [5.74, 6) is 0.373. The molecule has 1 fully saturated rings. The average Bonchev–Trinajstić information content (AvgIpc) is 2.15. The van der Waals surface area contributed by atoms with Gasteiger partial charge in [-0.2, -0.15) is 0 Å². The van der Waals surface area contributed by atoms with Crippen LogP contribution < -0.4 is 11.1 Å². The van der Waals surface area contributed by atoms with Crippen LogP contribution in [0.2, 0.25) is 5.15 Å². The van der Waals surface area contributed by atoms with Crippen molar-refractivity contribution in [3.63, 3.8) is 0 Å². The Morgan fingerprint density at radius 2 is 2.31 bits per heavy atom. The summed E-state index contributed by atoms with van der Waals surface area (Å²) in [7, 11) is 0. The van der Waals surface area contributed by atoms with Crippen LogP contribution in [-0.2, 0) is 4.79 Å². The summed E-state index contributed by atoms with van der Waals surface area (Å²) in [6.07, 6.45) is 3.30. The Bertz CT molecular complexity index is 404. The number of carbonyl (C=O) groups excluding carboxylic acids is 1. The molecule has 2 rings (SSSR count). The number of pyridine rings is 1. The fourth-order valence-corrected chi connectivity index (χ4v) is 1.96. The number of rotatable bonds is 3. The summed E-state index contributed by atoms with van der Waals surface area (Å²) < 4.78 is 0. The predicted molar refractivity (Wildman–Crippen MR) is 63.3 cm³/mol. The number of halogens is 1. The summed E-state index contributed by atoms with van der Waals surface area (Å²) in [6.45, 7) is 0. The molecule has 3 N–H and O–H groups in total. The maximum atomic E-state index is 11.7. The Balaban J connectivity index is 1.92. The lowest BCUT2D eigenvalue weighted by Gasteiger charge is -2.37. The fourth-order valence-electron chi connectivity index (χ4n) is 1.79. The third-order valence-corrected chi connectivity index (χ3v) is 3.06. The van der Waals surface area contributed by atoms with Crippen LogP contribution in [0.5, 0.6) is 0 Å². The van der Waals surface area contributed by atoms with E-state index in [4.69, 9.17) is 17.3 Å². The lowest BCUT2D eigenvalue weighted by molar-refractivity contribution is -0.118. The molecule has 5 heteroatoms. The van der Waals surface area contributed by atoms with E-state index in [0.29, 0.717) is 17.4 Å². The standard InChI is InChI=1S/C11H14ClN3O/c12-8-3-1-4-9(14-8)15-10(16)7-11(13)5-2-6-11/h1,3-4H,2,5-7,13H2,(H,14,15,16). The van der Waals surface area contributed by atoms with Gasteiger partial charge in [-0.25, -0.2) is 4.98 Å². The van der Waals surface area contributed by atoms with Gasteiger partial charge in [-0.3, -0.25) is 4.79 Å². The van der Waals surface area contributed by atoms with Gasteiger partial charge in [0.05, 0.1) is 0 Å². The molecule has 0 bridgehead atoms. The molecule has 1 heterocycles. The summed E-state index contributed by atoms with van der Waals surface area (Å²) in [4.78, 5) is 15.6. The van der Waals surface area contributed by atoms with Crippen LogP contribution in [0.25, 0.3) is 0 Å². The molecule has 0 aliphatic heterocycles. The third kappa shape index (κ3) is 2.71. The van der Waals surface area contributed by atoms with Gasteiger partial charge in [0.15, 0.2) is 0 Å². The lowest BCUT2D eigenvalue weighted by Crippen LogP contribution is -2.48. The third-order valence-electron chi connectivity index (χ3n) is 2.84. The second-order valence-electron chi connectivity index (χ2n) is 4.29. The van der Waals surface area contributed by atoms with Crippen molar-refractivity contribution >= 4 is 23.3 Å². The molecule has 0 atom stereocenters. The van der Waals surface area contributed by atoms with E-state index in [1.807, 2.05) is 0 Å². The number of hydrogen-bond acceptors (Lipinski definition) is 3. The van der Waals surface area contributed by atoms with Gasteiger partial charge in [0.25, 0.3) is 0 Å². The van der Waals surface area contributed by atoms with Gasteiger partial charge in [0, 0.05) is 12.0 Å². The van der Waals surface area contributed by atoms with Crippen molar-refractivity contribution in [1.29, 1.82) is 0 Å². The van der Waals surface area contributed by atoms with E-state index in [9.17, 15) is 4.79 Å². The Kier molecular flexibility index (Phi) is 3.12. The minimum atomic E-state index is -0.303. The van der Waals surface area contributed by atoms with Gasteiger partial charge in [0.1, 0.15) is 11.0 Å². The molecule has 86 valence electrons. The summed E-state index contributed by atoms with van der Waals surface area (Å²) >= 11 is 5.71. The highest BCUT2D eigenvalue weighted by atomic mass is 35.5. The van der Waals surface area contributed by atoms with Crippen LogP contribution in [-0.4, -0.2) is 16.4 Å². The van der Waals surface area contributed by atoms with E-state index in [1.165, 1.54) is 0 Å². The zero-order valence-electron chi connectivity index (χ0n) is 8.87. The molecule has 0 radical (unpaired) electrons. The SMILES string of the molecule is NC1(CC(=O)Nc2cccc(Cl)n2)CCC1. The second-order valence-corrected chi connectivity index (χ2v) is 4.67. The van der Waals surface area contributed by atoms with Gasteiger partial charge < -0.3 is 11.1 Å². The first-order valence-electron chi connectivity index (χ1n) is 5.29. The Hall–Kier alpha value is -1.13. The van der Waals surface area contributed by atoms with E-state index in [2.05, 4.69) is 10.3 Å². The first-order valence-corrected chi connectivity index (χ1v) is 5.67. The van der Waals surface area contributed by atoms with Crippen molar-refractivity contribution in [2.45, 2.75) is 31.2 Å². The quantitative estimate of drug-likeness (QED) is 0.793. The molecule has 1 aliphatic rings. The van der Waals surface area contributed by atoms with Crippen LogP contribution in [0.1, 0.15) is 25.7 Å². The first-order chi connectivity index (χ1) is 7.57. The molecule has 4 nitrogen and oxygen atoms in total. The van der Waals surface area contributed by atoms with Crippen molar-refractivity contribution < 1.29 is 4.79 Å². The maximum Gasteiger partial charge on any atom is 0.227 e. The molecule has 0 saturated heterocycles. The van der Waals surface area contributed by atoms with Crippen LogP contribution in [0.4, 0.5) is 5.82 Å². The van der Waals surface area contributed by atoms with Crippen molar-refractivity contribution in [3.8, 4) is 0 Å². The number of nitrogens with one attached hydrogen (secondary N) is 1. The summed E-state index contributed by atoms with van der Waals surface area (Å²) in [5.41, 5.74) is 5.68. The highest BCUT2D eigenvalue weighted by molar-refractivity contribution is 6.29. The maximum absolute atomic E-state index is 11.7. The molecular formula is C11H14ClN3O. The Labute approximate surface area is 99.2 Å². The highest BCUT2D eigenvalue weighted by Gasteiger charge is 2.34. The topological polar surface area (TPSA) is 68.0 Å². The Morgan fingerprint density at radius 1 is 1.56 bits per heavy atom. The molecule has 1 aromatic heterocycles. The average molecular weight is 240 g/mol. The normalized spacial score (nSPS) is 17.6. The van der Waals surface area contributed by atoms with E-state index >= 15 is 0 Å². The predicted octanol–water partition coefficient (Wildman–Crippen LogP) is 1.94. The number of amides is 1. The number of aromatic nitrogens is 1. The molecule has 1 saturated carbocycles. The van der Waals surface area contributed by atoms with E-state index in [1.54, 1.807) is 18.2 Å². The van der Waals surface area contributed by atoms with Gasteiger partial charge in [-0.05, 0) is 31.4 Å². The molecule has 0 unspecified atom stereocenters. The van der Waals surface area contributed by atoms with Gasteiger partial charge in [-0.15, -0.1) is 0 Å². The smallest absolute Gasteiger partial charge is 0.227 e. The van der Waals surface area contributed by atoms with Gasteiger partial charge >= 0.3 is 0 Å². The molecule has 16 heavy (non-hydrogen) atoms. The summed E-state index contributed by atoms with van der Waals surface area (Å²) in [5, 5.41) is 3.06. The zero-order valence-corrected chi connectivity index (χ0v) is 9.63. The van der Waals surface area contributed by atoms with E-state index in [0.717, 1.165) is 19.3 Å². The number of carbonyl (C=O) groups is 1. The molecular weight excluding hydrogens is 226 g/mol. The number of anilines is 1. The molecule has 1 aromatic rings. The highest BCUT2D eigenvalue weighted by Crippen LogP contribution is 2.32. The monoisotopic (exact) mass is 239 g/mol. The fraction of sp³-hybridized carbons (Fsp3) is 0.455. The zero-order chi connectivity index (χ0) is 11.6. The minimum Gasteiger partial charge on any atom is -0.325 e. The number of hydrogen-bond donors (Lipinski definition) is 2. The van der Waals surface area contributed by atoms with E-state index in [-0.39, 0.29) is 11.4 Å². The van der Waals surface area contributed by atoms with Gasteiger partial charge in [-0.1, -0.05) is 17.7 Å². The molecule has 1 aliphatic carbocycles. The van der Waals surface area contributed by atoms with Crippen LogP contribution in [0, 0.1) is 0 Å². The summed E-state index contributed by atoms with van der Waals surface area (Å²) in [6, 6.07) is 5.10. The van der Waals surface area contributed by atoms with E-state index < -0.39 is 0 Å². The largest absolute Gasteiger partial charge is 0.325 e. The molecule has 0 aromatic carbocycles. The number of nitrogens with two attached hydrogens (primary N) is 1. The molecule has 0 spiro atoms. The van der Waals surface area contributed by atoms with Crippen molar-refractivity contribution in [2.75, 3.05) is 5.32 Å². The van der Waals surface area contributed by atoms with Crippen molar-refractivity contribution in [2.24, 2.45) is 5.73 Å². The van der Waals surface area contributed by atoms with Gasteiger partial charge in [0.2, 0.25) is 5.91 Å². The number of nitrogens with zero attached hydrogens (tertiary/aromatic N) is 1. The minimum absolute atomic E-state index is 0.100.